The largest absolute Gasteiger partial charge is 0.481 e. The molecule has 0 heterocycles. The molecule has 4 rings (SSSR count). The van der Waals surface area contributed by atoms with E-state index in [1.54, 1.807) is 0 Å². The molecule has 31 heavy (non-hydrogen) atoms. The number of nitriles is 1. The fourth-order valence-corrected chi connectivity index (χ4v) is 8.60. The predicted octanol–water partition coefficient (Wildman–Crippen LogP) is 6.22. The SMILES string of the molecule is CCCCCCCOC[C@]12CC3C(C)CCC3[C@@]3(C#N)C[C@@H]1C=C(C(C)C)[C@@]23C(=O)O. The molecule has 7 atom stereocenters. The molecule has 4 heteroatoms. The van der Waals surface area contributed by atoms with Gasteiger partial charge < -0.3 is 9.84 Å². The quantitative estimate of drug-likeness (QED) is 0.332. The van der Waals surface area contributed by atoms with Crippen molar-refractivity contribution in [3.05, 3.63) is 11.6 Å². The molecule has 4 nitrogen and oxygen atoms in total. The summed E-state index contributed by atoms with van der Waals surface area (Å²) in [6, 6.07) is 2.71. The Morgan fingerprint density at radius 3 is 2.65 bits per heavy atom. The van der Waals surface area contributed by atoms with Gasteiger partial charge in [0.15, 0.2) is 0 Å². The molecule has 172 valence electrons. The molecule has 0 aliphatic heterocycles. The van der Waals surface area contributed by atoms with E-state index in [0.717, 1.165) is 31.3 Å². The van der Waals surface area contributed by atoms with Gasteiger partial charge in [-0.05, 0) is 55.3 Å². The van der Waals surface area contributed by atoms with Crippen molar-refractivity contribution in [1.29, 1.82) is 5.26 Å². The number of fused-ring (bicyclic) bond motifs is 2. The molecule has 3 fully saturated rings. The molecule has 0 spiro atoms. The van der Waals surface area contributed by atoms with Crippen molar-refractivity contribution < 1.29 is 14.6 Å². The third kappa shape index (κ3) is 2.84. The standard InChI is InChI=1S/C27H41NO3/c1-5-6-7-8-9-12-31-17-26-15-21-19(4)10-11-22(21)25(16-28)14-20(26)13-23(18(2)3)27(25,26)24(29)30/h13,18-22H,5-12,14-15,17H2,1-4H3,(H,29,30)/t19?,20-,21?,22?,25-,26+,27-/m0/s1. The van der Waals surface area contributed by atoms with E-state index in [1.165, 1.54) is 25.7 Å². The van der Waals surface area contributed by atoms with Crippen LogP contribution in [0.5, 0.6) is 0 Å². The maximum Gasteiger partial charge on any atom is 0.316 e. The second-order valence-electron chi connectivity index (χ2n) is 11.4. The first-order chi connectivity index (χ1) is 14.8. The molecule has 0 radical (unpaired) electrons. The van der Waals surface area contributed by atoms with Crippen molar-refractivity contribution in [2.75, 3.05) is 13.2 Å². The maximum atomic E-state index is 13.3. The number of carboxylic acid groups (broad SMARTS) is 1. The van der Waals surface area contributed by atoms with E-state index in [4.69, 9.17) is 4.74 Å². The third-order valence-electron chi connectivity index (χ3n) is 9.79. The topological polar surface area (TPSA) is 70.3 Å². The number of hydrogen-bond donors (Lipinski definition) is 1. The van der Waals surface area contributed by atoms with Gasteiger partial charge in [-0.1, -0.05) is 71.4 Å². The number of aliphatic carboxylic acids is 1. The summed E-state index contributed by atoms with van der Waals surface area (Å²) in [4.78, 5) is 13.3. The molecule has 0 amide bonds. The van der Waals surface area contributed by atoms with Crippen molar-refractivity contribution in [2.45, 2.75) is 85.5 Å². The van der Waals surface area contributed by atoms with Crippen molar-refractivity contribution in [1.82, 2.24) is 0 Å². The van der Waals surface area contributed by atoms with Crippen LogP contribution in [0.1, 0.15) is 85.5 Å². The van der Waals surface area contributed by atoms with E-state index in [9.17, 15) is 15.2 Å². The summed E-state index contributed by atoms with van der Waals surface area (Å²) in [7, 11) is 0. The zero-order valence-electron chi connectivity index (χ0n) is 20.0. The van der Waals surface area contributed by atoms with Crippen molar-refractivity contribution >= 4 is 5.97 Å². The average Bonchev–Trinajstić information content (AvgIpc) is 3.30. The highest BCUT2D eigenvalue weighted by atomic mass is 16.5. The van der Waals surface area contributed by atoms with Crippen molar-refractivity contribution in [3.8, 4) is 6.07 Å². The summed E-state index contributed by atoms with van der Waals surface area (Å²) in [6.07, 6.45) is 12.0. The highest BCUT2D eigenvalue weighted by molar-refractivity contribution is 5.85. The van der Waals surface area contributed by atoms with E-state index in [-0.39, 0.29) is 17.8 Å². The number of carbonyl (C=O) groups is 1. The first-order valence-corrected chi connectivity index (χ1v) is 12.8. The van der Waals surface area contributed by atoms with Gasteiger partial charge in [-0.15, -0.1) is 0 Å². The van der Waals surface area contributed by atoms with E-state index in [0.29, 0.717) is 31.5 Å². The van der Waals surface area contributed by atoms with Gasteiger partial charge in [0.1, 0.15) is 5.41 Å². The normalized spacial score (nSPS) is 42.5. The number of unbranched alkanes of at least 4 members (excludes halogenated alkanes) is 4. The number of carboxylic acids is 1. The van der Waals surface area contributed by atoms with E-state index in [1.807, 2.05) is 0 Å². The lowest BCUT2D eigenvalue weighted by Crippen LogP contribution is -2.62. The van der Waals surface area contributed by atoms with Crippen LogP contribution in [0.2, 0.25) is 0 Å². The smallest absolute Gasteiger partial charge is 0.316 e. The molecule has 4 aliphatic rings. The Kier molecular flexibility index (Phi) is 6.05. The van der Waals surface area contributed by atoms with Crippen LogP contribution >= 0.6 is 0 Å². The zero-order chi connectivity index (χ0) is 22.4. The number of allylic oxidation sites excluding steroid dienone is 1. The Hall–Kier alpha value is -1.34. The molecular formula is C27H41NO3. The summed E-state index contributed by atoms with van der Waals surface area (Å²) >= 11 is 0. The molecule has 0 aromatic heterocycles. The van der Waals surface area contributed by atoms with E-state index >= 15 is 0 Å². The summed E-state index contributed by atoms with van der Waals surface area (Å²) in [5, 5.41) is 21.6. The lowest BCUT2D eigenvalue weighted by Gasteiger charge is -2.57. The fraction of sp³-hybridized carbons (Fsp3) is 0.852. The summed E-state index contributed by atoms with van der Waals surface area (Å²) < 4.78 is 6.33. The van der Waals surface area contributed by atoms with Gasteiger partial charge in [0.25, 0.3) is 0 Å². The Labute approximate surface area is 188 Å². The zero-order valence-corrected chi connectivity index (χ0v) is 20.0. The van der Waals surface area contributed by atoms with E-state index < -0.39 is 22.2 Å². The summed E-state index contributed by atoms with van der Waals surface area (Å²) in [5.74, 6) is 0.746. The average molecular weight is 428 g/mol. The van der Waals surface area contributed by atoms with Crippen molar-refractivity contribution in [2.24, 2.45) is 45.8 Å². The van der Waals surface area contributed by atoms with Crippen LogP contribution in [-0.4, -0.2) is 24.3 Å². The van der Waals surface area contributed by atoms with Crippen LogP contribution in [0.3, 0.4) is 0 Å². The van der Waals surface area contributed by atoms with Gasteiger partial charge in [-0.3, -0.25) is 4.79 Å². The first-order valence-electron chi connectivity index (χ1n) is 12.8. The minimum atomic E-state index is -1.08. The lowest BCUT2D eigenvalue weighted by atomic mass is 9.43. The Bertz CT molecular complexity index is 782. The summed E-state index contributed by atoms with van der Waals surface area (Å²) in [6.45, 7) is 9.94. The molecule has 4 bridgehead atoms. The Balaban J connectivity index is 1.69. The number of rotatable bonds is 10. The van der Waals surface area contributed by atoms with Crippen LogP contribution in [0.15, 0.2) is 11.6 Å². The third-order valence-corrected chi connectivity index (χ3v) is 9.79. The second-order valence-corrected chi connectivity index (χ2v) is 11.4. The first kappa shape index (κ1) is 22.8. The molecule has 3 saturated carbocycles. The Morgan fingerprint density at radius 1 is 1.26 bits per heavy atom. The molecule has 1 N–H and O–H groups in total. The molecule has 0 aromatic carbocycles. The minimum absolute atomic E-state index is 0.137. The predicted molar refractivity (Wildman–Crippen MR) is 121 cm³/mol. The molecule has 0 aromatic rings. The fourth-order valence-electron chi connectivity index (χ4n) is 8.60. The highest BCUT2D eigenvalue weighted by Gasteiger charge is 2.84. The van der Waals surface area contributed by atoms with Crippen molar-refractivity contribution in [3.63, 3.8) is 0 Å². The monoisotopic (exact) mass is 427 g/mol. The molecule has 0 saturated heterocycles. The van der Waals surface area contributed by atoms with Gasteiger partial charge in [-0.25, -0.2) is 0 Å². The minimum Gasteiger partial charge on any atom is -0.481 e. The highest BCUT2D eigenvalue weighted by Crippen LogP contribution is 2.83. The van der Waals surface area contributed by atoms with Crippen LogP contribution in [0.4, 0.5) is 0 Å². The van der Waals surface area contributed by atoms with Gasteiger partial charge in [0.05, 0.1) is 18.1 Å². The number of nitrogens with zero attached hydrogens (tertiary/aromatic N) is 1. The van der Waals surface area contributed by atoms with Crippen LogP contribution in [0.25, 0.3) is 0 Å². The van der Waals surface area contributed by atoms with Crippen LogP contribution in [-0.2, 0) is 9.53 Å². The van der Waals surface area contributed by atoms with Gasteiger partial charge >= 0.3 is 5.97 Å². The van der Waals surface area contributed by atoms with Crippen LogP contribution < -0.4 is 0 Å². The number of hydrogen-bond acceptors (Lipinski definition) is 3. The molecule has 3 unspecified atom stereocenters. The van der Waals surface area contributed by atoms with Gasteiger partial charge in [0.2, 0.25) is 0 Å². The molecule has 4 aliphatic carbocycles. The van der Waals surface area contributed by atoms with Gasteiger partial charge in [-0.2, -0.15) is 5.26 Å². The van der Waals surface area contributed by atoms with E-state index in [2.05, 4.69) is 39.8 Å². The lowest BCUT2D eigenvalue weighted by molar-refractivity contribution is -0.179. The number of ether oxygens (including phenoxy) is 1. The Morgan fingerprint density at radius 2 is 2.00 bits per heavy atom. The molecular weight excluding hydrogens is 386 g/mol. The van der Waals surface area contributed by atoms with Gasteiger partial charge in [0, 0.05) is 12.0 Å². The summed E-state index contributed by atoms with van der Waals surface area (Å²) in [5.41, 5.74) is -1.31. The second kappa shape index (κ2) is 8.22. The van der Waals surface area contributed by atoms with Crippen LogP contribution in [0, 0.1) is 57.2 Å². The maximum absolute atomic E-state index is 13.3.